The summed E-state index contributed by atoms with van der Waals surface area (Å²) in [6.07, 6.45) is 4.25. The van der Waals surface area contributed by atoms with Gasteiger partial charge >= 0.3 is 0 Å². The molecule has 1 heterocycles. The van der Waals surface area contributed by atoms with Crippen LogP contribution in [0.2, 0.25) is 0 Å². The van der Waals surface area contributed by atoms with Gasteiger partial charge in [0.05, 0.1) is 0 Å². The van der Waals surface area contributed by atoms with Crippen molar-refractivity contribution in [3.8, 4) is 0 Å². The summed E-state index contributed by atoms with van der Waals surface area (Å²) in [5.41, 5.74) is 0. The Morgan fingerprint density at radius 3 is 2.58 bits per heavy atom. The average Bonchev–Trinajstić information content (AvgIpc) is 3.21. The molecule has 0 bridgehead atoms. The van der Waals surface area contributed by atoms with E-state index in [0.29, 0.717) is 12.5 Å². The quantitative estimate of drug-likeness (QED) is 0.603. The minimum atomic E-state index is 0.187. The molecule has 1 amide bonds. The van der Waals surface area contributed by atoms with Crippen LogP contribution < -0.4 is 10.6 Å². The van der Waals surface area contributed by atoms with Gasteiger partial charge in [-0.3, -0.25) is 4.79 Å². The van der Waals surface area contributed by atoms with Gasteiger partial charge in [0.25, 0.3) is 0 Å². The van der Waals surface area contributed by atoms with E-state index in [4.69, 9.17) is 0 Å². The van der Waals surface area contributed by atoms with Gasteiger partial charge in [0.2, 0.25) is 5.91 Å². The molecule has 0 aromatic rings. The largest absolute Gasteiger partial charge is 0.356 e. The SMILES string of the molecule is CN1CCN(CCCNC(=O)CCNC2CC2)CC1. The standard InChI is InChI=1S/C14H28N4O/c1-17-9-11-18(12-10-17)8-2-6-16-14(19)5-7-15-13-3-4-13/h13,15H,2-12H2,1H3,(H,16,19). The summed E-state index contributed by atoms with van der Waals surface area (Å²) in [4.78, 5) is 16.4. The molecule has 110 valence electrons. The molecule has 0 radical (unpaired) electrons. The highest BCUT2D eigenvalue weighted by atomic mass is 16.1. The zero-order valence-electron chi connectivity index (χ0n) is 12.2. The number of carbonyl (C=O) groups is 1. The first-order valence-corrected chi connectivity index (χ1v) is 7.65. The Bertz CT molecular complexity index is 273. The van der Waals surface area contributed by atoms with Crippen LogP contribution >= 0.6 is 0 Å². The van der Waals surface area contributed by atoms with Crippen molar-refractivity contribution >= 4 is 5.91 Å². The Balaban J connectivity index is 1.41. The van der Waals surface area contributed by atoms with E-state index in [9.17, 15) is 4.79 Å². The van der Waals surface area contributed by atoms with Crippen LogP contribution in [0.3, 0.4) is 0 Å². The van der Waals surface area contributed by atoms with Gasteiger partial charge in [-0.25, -0.2) is 0 Å². The summed E-state index contributed by atoms with van der Waals surface area (Å²) < 4.78 is 0. The lowest BCUT2D eigenvalue weighted by Crippen LogP contribution is -2.45. The van der Waals surface area contributed by atoms with Crippen molar-refractivity contribution in [2.24, 2.45) is 0 Å². The highest BCUT2D eigenvalue weighted by Gasteiger charge is 2.20. The molecule has 0 unspecified atom stereocenters. The van der Waals surface area contributed by atoms with Crippen molar-refractivity contribution in [2.45, 2.75) is 31.7 Å². The lowest BCUT2D eigenvalue weighted by atomic mass is 10.3. The molecular formula is C14H28N4O. The molecule has 0 atom stereocenters. The van der Waals surface area contributed by atoms with Gasteiger partial charge in [0.15, 0.2) is 0 Å². The second-order valence-corrected chi connectivity index (χ2v) is 5.83. The van der Waals surface area contributed by atoms with E-state index in [1.165, 1.54) is 25.9 Å². The minimum absolute atomic E-state index is 0.187. The Kier molecular flexibility index (Phi) is 6.07. The molecule has 1 saturated carbocycles. The highest BCUT2D eigenvalue weighted by Crippen LogP contribution is 2.18. The van der Waals surface area contributed by atoms with Crippen LogP contribution in [0, 0.1) is 0 Å². The van der Waals surface area contributed by atoms with Crippen LogP contribution in [-0.4, -0.2) is 74.6 Å². The van der Waals surface area contributed by atoms with Gasteiger partial charge in [0.1, 0.15) is 0 Å². The van der Waals surface area contributed by atoms with Crippen LogP contribution in [0.1, 0.15) is 25.7 Å². The first-order chi connectivity index (χ1) is 9.24. The molecule has 0 spiro atoms. The van der Waals surface area contributed by atoms with Crippen LogP contribution in [0.25, 0.3) is 0 Å². The van der Waals surface area contributed by atoms with Crippen molar-refractivity contribution in [1.29, 1.82) is 0 Å². The fourth-order valence-electron chi connectivity index (χ4n) is 2.37. The zero-order valence-corrected chi connectivity index (χ0v) is 12.2. The molecule has 2 N–H and O–H groups in total. The van der Waals surface area contributed by atoms with E-state index in [1.54, 1.807) is 0 Å². The van der Waals surface area contributed by atoms with Crippen LogP contribution in [-0.2, 0) is 4.79 Å². The van der Waals surface area contributed by atoms with E-state index >= 15 is 0 Å². The third kappa shape index (κ3) is 6.36. The maximum Gasteiger partial charge on any atom is 0.221 e. The molecule has 2 rings (SSSR count). The summed E-state index contributed by atoms with van der Waals surface area (Å²) in [6.45, 7) is 7.40. The second-order valence-electron chi connectivity index (χ2n) is 5.83. The molecule has 19 heavy (non-hydrogen) atoms. The van der Waals surface area contributed by atoms with Gasteiger partial charge in [-0.05, 0) is 32.9 Å². The van der Waals surface area contributed by atoms with Gasteiger partial charge in [0, 0.05) is 51.7 Å². The number of rotatable bonds is 8. The molecule has 1 saturated heterocycles. The molecule has 5 nitrogen and oxygen atoms in total. The predicted molar refractivity (Wildman–Crippen MR) is 77.2 cm³/mol. The average molecular weight is 268 g/mol. The number of hydrogen-bond donors (Lipinski definition) is 2. The number of nitrogens with zero attached hydrogens (tertiary/aromatic N) is 2. The molecular weight excluding hydrogens is 240 g/mol. The topological polar surface area (TPSA) is 47.6 Å². The summed E-state index contributed by atoms with van der Waals surface area (Å²) in [6, 6.07) is 0.699. The Hall–Kier alpha value is -0.650. The predicted octanol–water partition coefficient (Wildman–Crippen LogP) is -0.118. The van der Waals surface area contributed by atoms with Gasteiger partial charge in [-0.1, -0.05) is 0 Å². The van der Waals surface area contributed by atoms with Crippen molar-refractivity contribution in [1.82, 2.24) is 20.4 Å². The molecule has 0 aromatic carbocycles. The van der Waals surface area contributed by atoms with E-state index in [2.05, 4.69) is 27.5 Å². The smallest absolute Gasteiger partial charge is 0.221 e. The number of carbonyl (C=O) groups excluding carboxylic acids is 1. The lowest BCUT2D eigenvalue weighted by molar-refractivity contribution is -0.121. The molecule has 1 aliphatic heterocycles. The summed E-state index contributed by atoms with van der Waals surface area (Å²) in [7, 11) is 2.17. The lowest BCUT2D eigenvalue weighted by Gasteiger charge is -2.32. The summed E-state index contributed by atoms with van der Waals surface area (Å²) in [5.74, 6) is 0.187. The van der Waals surface area contributed by atoms with Gasteiger partial charge in [-0.15, -0.1) is 0 Å². The van der Waals surface area contributed by atoms with Crippen LogP contribution in [0.15, 0.2) is 0 Å². The minimum Gasteiger partial charge on any atom is -0.356 e. The number of likely N-dealkylation sites (N-methyl/N-ethyl adjacent to an activating group) is 1. The first kappa shape index (κ1) is 14.8. The van der Waals surface area contributed by atoms with Crippen LogP contribution in [0.5, 0.6) is 0 Å². The number of hydrogen-bond acceptors (Lipinski definition) is 4. The van der Waals surface area contributed by atoms with E-state index in [1.807, 2.05) is 0 Å². The number of piperazine rings is 1. The van der Waals surface area contributed by atoms with E-state index in [-0.39, 0.29) is 5.91 Å². The van der Waals surface area contributed by atoms with E-state index < -0.39 is 0 Å². The summed E-state index contributed by atoms with van der Waals surface area (Å²) >= 11 is 0. The maximum absolute atomic E-state index is 11.6. The normalized spacial score (nSPS) is 21.5. The van der Waals surface area contributed by atoms with Crippen molar-refractivity contribution in [3.63, 3.8) is 0 Å². The third-order valence-electron chi connectivity index (χ3n) is 3.93. The van der Waals surface area contributed by atoms with Gasteiger partial charge in [-0.2, -0.15) is 0 Å². The van der Waals surface area contributed by atoms with E-state index in [0.717, 1.165) is 39.1 Å². The van der Waals surface area contributed by atoms with Crippen LogP contribution in [0.4, 0.5) is 0 Å². The molecule has 2 fully saturated rings. The molecule has 1 aliphatic carbocycles. The van der Waals surface area contributed by atoms with Crippen molar-refractivity contribution < 1.29 is 4.79 Å². The Morgan fingerprint density at radius 2 is 1.89 bits per heavy atom. The third-order valence-corrected chi connectivity index (χ3v) is 3.93. The fraction of sp³-hybridized carbons (Fsp3) is 0.929. The Morgan fingerprint density at radius 1 is 1.16 bits per heavy atom. The molecule has 0 aromatic heterocycles. The second kappa shape index (κ2) is 7.82. The monoisotopic (exact) mass is 268 g/mol. The van der Waals surface area contributed by atoms with Crippen molar-refractivity contribution in [3.05, 3.63) is 0 Å². The molecule has 5 heteroatoms. The van der Waals surface area contributed by atoms with Crippen molar-refractivity contribution in [2.75, 3.05) is 52.9 Å². The van der Waals surface area contributed by atoms with Gasteiger partial charge < -0.3 is 20.4 Å². The number of nitrogens with one attached hydrogen (secondary N) is 2. The molecule has 2 aliphatic rings. The summed E-state index contributed by atoms with van der Waals surface area (Å²) in [5, 5.41) is 6.37. The maximum atomic E-state index is 11.6. The first-order valence-electron chi connectivity index (χ1n) is 7.65. The number of amides is 1. The zero-order chi connectivity index (χ0) is 13.5. The highest BCUT2D eigenvalue weighted by molar-refractivity contribution is 5.75. The fourth-order valence-corrected chi connectivity index (χ4v) is 2.37. The Labute approximate surface area is 116 Å².